The molecule has 2 aliphatic rings. The van der Waals surface area contributed by atoms with Crippen LogP contribution in [0.3, 0.4) is 0 Å². The summed E-state index contributed by atoms with van der Waals surface area (Å²) in [5.74, 6) is -0.387. The molecule has 0 aliphatic carbocycles. The molecule has 2 fully saturated rings. The monoisotopic (exact) mass is 320 g/mol. The Balaban J connectivity index is 1.96. The van der Waals surface area contributed by atoms with E-state index in [4.69, 9.17) is 10.5 Å². The van der Waals surface area contributed by atoms with Crippen LogP contribution in [0.2, 0.25) is 0 Å². The van der Waals surface area contributed by atoms with Crippen LogP contribution in [-0.2, 0) is 19.7 Å². The van der Waals surface area contributed by atoms with Gasteiger partial charge in [-0.05, 0) is 13.8 Å². The second-order valence-corrected chi connectivity index (χ2v) is 7.65. The molecule has 0 aromatic carbocycles. The van der Waals surface area contributed by atoms with Crippen LogP contribution in [0.5, 0.6) is 0 Å². The topological polar surface area (TPSA) is 96.2 Å². The van der Waals surface area contributed by atoms with Gasteiger partial charge in [-0.25, -0.2) is 0 Å². The Morgan fingerprint density at radius 1 is 1.10 bits per heavy atom. The van der Waals surface area contributed by atoms with Gasteiger partial charge in [0.1, 0.15) is 0 Å². The molecule has 0 bridgehead atoms. The lowest BCUT2D eigenvalue weighted by molar-refractivity contribution is -0.119. The lowest BCUT2D eigenvalue weighted by atomic mass is 10.3. The molecule has 0 aromatic rings. The van der Waals surface area contributed by atoms with Gasteiger partial charge in [0, 0.05) is 39.3 Å². The van der Waals surface area contributed by atoms with Gasteiger partial charge in [0.05, 0.1) is 18.8 Å². The van der Waals surface area contributed by atoms with Gasteiger partial charge >= 0.3 is 0 Å². The second-order valence-electron chi connectivity index (χ2n) is 5.72. The van der Waals surface area contributed by atoms with Crippen LogP contribution in [0, 0.1) is 0 Å². The van der Waals surface area contributed by atoms with Crippen LogP contribution in [0.15, 0.2) is 0 Å². The van der Waals surface area contributed by atoms with Crippen molar-refractivity contribution >= 4 is 16.1 Å². The number of carbonyl (C=O) groups is 1. The summed E-state index contributed by atoms with van der Waals surface area (Å²) in [6, 6.07) is 0. The van der Waals surface area contributed by atoms with Gasteiger partial charge in [-0.1, -0.05) is 0 Å². The number of nitrogens with two attached hydrogens (primary N) is 1. The molecule has 0 saturated carbocycles. The molecule has 2 rings (SSSR count). The summed E-state index contributed by atoms with van der Waals surface area (Å²) in [7, 11) is -3.46. The minimum absolute atomic E-state index is 0.0975. The predicted molar refractivity (Wildman–Crippen MR) is 77.7 cm³/mol. The molecule has 8 nitrogen and oxygen atoms in total. The molecule has 2 N–H and O–H groups in total. The van der Waals surface area contributed by atoms with E-state index in [1.807, 2.05) is 18.7 Å². The normalized spacial score (nSPS) is 30.4. The van der Waals surface area contributed by atoms with Gasteiger partial charge < -0.3 is 10.5 Å². The van der Waals surface area contributed by atoms with E-state index in [-0.39, 0.29) is 24.7 Å². The van der Waals surface area contributed by atoms with E-state index in [1.54, 1.807) is 0 Å². The number of piperazine rings is 1. The Hall–Kier alpha value is -0.740. The standard InChI is InChI=1S/C12H24N4O4S/c1-10-7-16(8-11(2)20-10)21(18,19)15-5-3-14(4-6-15)9-12(13)17/h10-11H,3-9H2,1-2H3,(H2,13,17)/t10-,11-/m0/s1. The number of hydrogen-bond acceptors (Lipinski definition) is 5. The van der Waals surface area contributed by atoms with Crippen molar-refractivity contribution in [2.45, 2.75) is 26.1 Å². The van der Waals surface area contributed by atoms with Crippen molar-refractivity contribution in [1.82, 2.24) is 13.5 Å². The molecule has 2 heterocycles. The largest absolute Gasteiger partial charge is 0.373 e. The number of rotatable bonds is 4. The van der Waals surface area contributed by atoms with Crippen LogP contribution >= 0.6 is 0 Å². The summed E-state index contributed by atoms with van der Waals surface area (Å²) in [6.45, 7) is 6.52. The Kier molecular flexibility index (Phi) is 5.20. The van der Waals surface area contributed by atoms with E-state index in [9.17, 15) is 13.2 Å². The summed E-state index contributed by atoms with van der Waals surface area (Å²) < 4.78 is 33.8. The van der Waals surface area contributed by atoms with E-state index in [1.165, 1.54) is 8.61 Å². The third-order valence-corrected chi connectivity index (χ3v) is 5.72. The lowest BCUT2D eigenvalue weighted by Gasteiger charge is -2.40. The molecule has 0 aromatic heterocycles. The zero-order chi connectivity index (χ0) is 15.6. The maximum Gasteiger partial charge on any atom is 0.282 e. The summed E-state index contributed by atoms with van der Waals surface area (Å²) in [6.07, 6.45) is -0.195. The van der Waals surface area contributed by atoms with Crippen LogP contribution in [0.1, 0.15) is 13.8 Å². The number of ether oxygens (including phenoxy) is 1. The maximum atomic E-state index is 12.6. The van der Waals surface area contributed by atoms with E-state index >= 15 is 0 Å². The second kappa shape index (κ2) is 6.57. The van der Waals surface area contributed by atoms with Gasteiger partial charge in [-0.2, -0.15) is 17.0 Å². The van der Waals surface area contributed by atoms with Crippen molar-refractivity contribution < 1.29 is 17.9 Å². The Morgan fingerprint density at radius 3 is 2.10 bits per heavy atom. The molecular weight excluding hydrogens is 296 g/mol. The van der Waals surface area contributed by atoms with E-state index in [2.05, 4.69) is 0 Å². The minimum Gasteiger partial charge on any atom is -0.373 e. The van der Waals surface area contributed by atoms with E-state index < -0.39 is 10.2 Å². The third-order valence-electron chi connectivity index (χ3n) is 3.75. The number of amides is 1. The fourth-order valence-corrected chi connectivity index (χ4v) is 4.57. The van der Waals surface area contributed by atoms with Crippen LogP contribution < -0.4 is 5.73 Å². The zero-order valence-corrected chi connectivity index (χ0v) is 13.4. The quantitative estimate of drug-likeness (QED) is 0.676. The van der Waals surface area contributed by atoms with E-state index in [0.717, 1.165) is 0 Å². The highest BCUT2D eigenvalue weighted by molar-refractivity contribution is 7.86. The fourth-order valence-electron chi connectivity index (χ4n) is 2.82. The maximum absolute atomic E-state index is 12.6. The lowest BCUT2D eigenvalue weighted by Crippen LogP contribution is -2.57. The molecule has 1 amide bonds. The predicted octanol–water partition coefficient (Wildman–Crippen LogP) is -1.56. The van der Waals surface area contributed by atoms with Gasteiger partial charge in [0.15, 0.2) is 0 Å². The number of hydrogen-bond donors (Lipinski definition) is 1. The Morgan fingerprint density at radius 2 is 1.62 bits per heavy atom. The first-order valence-electron chi connectivity index (χ1n) is 7.20. The van der Waals surface area contributed by atoms with Crippen LogP contribution in [0.25, 0.3) is 0 Å². The first-order valence-corrected chi connectivity index (χ1v) is 8.60. The molecule has 21 heavy (non-hydrogen) atoms. The molecule has 9 heteroatoms. The molecule has 0 radical (unpaired) electrons. The Bertz CT molecular complexity index is 466. The van der Waals surface area contributed by atoms with Crippen molar-refractivity contribution in [2.75, 3.05) is 45.8 Å². The summed E-state index contributed by atoms with van der Waals surface area (Å²) >= 11 is 0. The van der Waals surface area contributed by atoms with Crippen LogP contribution in [-0.4, -0.2) is 85.9 Å². The van der Waals surface area contributed by atoms with Crippen molar-refractivity contribution in [3.8, 4) is 0 Å². The highest BCUT2D eigenvalue weighted by Crippen LogP contribution is 2.18. The molecular formula is C12H24N4O4S. The Labute approximate surface area is 126 Å². The van der Waals surface area contributed by atoms with Gasteiger partial charge in [0.25, 0.3) is 10.2 Å². The zero-order valence-electron chi connectivity index (χ0n) is 12.6. The average molecular weight is 320 g/mol. The molecule has 122 valence electrons. The van der Waals surface area contributed by atoms with Gasteiger partial charge in [-0.15, -0.1) is 0 Å². The van der Waals surface area contributed by atoms with Gasteiger partial charge in [-0.3, -0.25) is 9.69 Å². The molecule has 0 spiro atoms. The smallest absolute Gasteiger partial charge is 0.282 e. The summed E-state index contributed by atoms with van der Waals surface area (Å²) in [5, 5.41) is 0. The SMILES string of the molecule is C[C@H]1CN(S(=O)(=O)N2CCN(CC(N)=O)CC2)C[C@H](C)O1. The molecule has 0 unspecified atom stereocenters. The van der Waals surface area contributed by atoms with E-state index in [0.29, 0.717) is 39.3 Å². The van der Waals surface area contributed by atoms with Crippen molar-refractivity contribution in [1.29, 1.82) is 0 Å². The first-order chi connectivity index (χ1) is 9.79. The third kappa shape index (κ3) is 4.13. The first kappa shape index (κ1) is 16.6. The molecule has 2 saturated heterocycles. The highest BCUT2D eigenvalue weighted by atomic mass is 32.2. The summed E-state index contributed by atoms with van der Waals surface area (Å²) in [4.78, 5) is 12.8. The number of carbonyl (C=O) groups excluding carboxylic acids is 1. The van der Waals surface area contributed by atoms with Crippen molar-refractivity contribution in [3.63, 3.8) is 0 Å². The molecule has 2 atom stereocenters. The molecule has 2 aliphatic heterocycles. The highest BCUT2D eigenvalue weighted by Gasteiger charge is 2.36. The number of primary amides is 1. The van der Waals surface area contributed by atoms with Gasteiger partial charge in [0.2, 0.25) is 5.91 Å². The summed E-state index contributed by atoms with van der Waals surface area (Å²) in [5.41, 5.74) is 5.16. The fraction of sp³-hybridized carbons (Fsp3) is 0.917. The average Bonchev–Trinajstić information content (AvgIpc) is 2.37. The van der Waals surface area contributed by atoms with Crippen molar-refractivity contribution in [2.24, 2.45) is 5.73 Å². The number of morpholine rings is 1. The minimum atomic E-state index is -3.46. The van der Waals surface area contributed by atoms with Crippen molar-refractivity contribution in [3.05, 3.63) is 0 Å². The number of nitrogens with zero attached hydrogens (tertiary/aromatic N) is 3. The van der Waals surface area contributed by atoms with Crippen LogP contribution in [0.4, 0.5) is 0 Å².